The summed E-state index contributed by atoms with van der Waals surface area (Å²) in [5.41, 5.74) is 4.68. The Labute approximate surface area is 114 Å². The first kappa shape index (κ1) is 13.8. The Morgan fingerprint density at radius 3 is 2.53 bits per heavy atom. The van der Waals surface area contributed by atoms with Crippen LogP contribution in [-0.2, 0) is 0 Å². The molecule has 0 fully saturated rings. The first-order chi connectivity index (χ1) is 8.95. The molecule has 0 spiro atoms. The topological polar surface area (TPSA) is 24.9 Å². The summed E-state index contributed by atoms with van der Waals surface area (Å²) in [6, 6.07) is 3.42. The highest BCUT2D eigenvalue weighted by Crippen LogP contribution is 2.34. The van der Waals surface area contributed by atoms with Gasteiger partial charge in [0.15, 0.2) is 0 Å². The zero-order valence-electron chi connectivity index (χ0n) is 12.3. The summed E-state index contributed by atoms with van der Waals surface area (Å²) in [5, 5.41) is 4.43. The van der Waals surface area contributed by atoms with Crippen LogP contribution in [0.25, 0.3) is 10.9 Å². The SMILES string of the molecule is CCNc1c(C(C)C)c(C)nc2cc(F)c(C)cc12. The van der Waals surface area contributed by atoms with E-state index in [9.17, 15) is 4.39 Å². The Balaban J connectivity index is 2.85. The minimum atomic E-state index is -0.195. The summed E-state index contributed by atoms with van der Waals surface area (Å²) in [5.74, 6) is 0.190. The van der Waals surface area contributed by atoms with Gasteiger partial charge in [0.05, 0.1) is 5.52 Å². The number of fused-ring (bicyclic) bond motifs is 1. The summed E-state index contributed by atoms with van der Waals surface area (Å²) < 4.78 is 13.7. The van der Waals surface area contributed by atoms with Crippen molar-refractivity contribution in [2.45, 2.75) is 40.5 Å². The van der Waals surface area contributed by atoms with Crippen molar-refractivity contribution >= 4 is 16.6 Å². The molecule has 2 aromatic rings. The van der Waals surface area contributed by atoms with Crippen molar-refractivity contribution < 1.29 is 4.39 Å². The average molecular weight is 260 g/mol. The highest BCUT2D eigenvalue weighted by Gasteiger charge is 2.16. The van der Waals surface area contributed by atoms with Crippen LogP contribution in [0.1, 0.15) is 43.5 Å². The molecule has 0 atom stereocenters. The molecule has 0 bridgehead atoms. The van der Waals surface area contributed by atoms with Crippen molar-refractivity contribution in [1.29, 1.82) is 0 Å². The highest BCUT2D eigenvalue weighted by atomic mass is 19.1. The van der Waals surface area contributed by atoms with Crippen molar-refractivity contribution in [2.24, 2.45) is 0 Å². The number of aromatic nitrogens is 1. The molecule has 2 nitrogen and oxygen atoms in total. The van der Waals surface area contributed by atoms with Gasteiger partial charge < -0.3 is 5.32 Å². The number of aryl methyl sites for hydroxylation is 2. The lowest BCUT2D eigenvalue weighted by molar-refractivity contribution is 0.620. The number of hydrogen-bond acceptors (Lipinski definition) is 2. The normalized spacial score (nSPS) is 11.3. The van der Waals surface area contributed by atoms with Crippen LogP contribution >= 0.6 is 0 Å². The average Bonchev–Trinajstić information content (AvgIpc) is 2.31. The summed E-state index contributed by atoms with van der Waals surface area (Å²) in [7, 11) is 0. The van der Waals surface area contributed by atoms with Crippen molar-refractivity contribution in [3.8, 4) is 0 Å². The van der Waals surface area contributed by atoms with E-state index in [4.69, 9.17) is 0 Å². The van der Waals surface area contributed by atoms with Gasteiger partial charge in [-0.1, -0.05) is 13.8 Å². The van der Waals surface area contributed by atoms with E-state index in [2.05, 4.69) is 31.1 Å². The third-order valence-corrected chi connectivity index (χ3v) is 3.42. The maximum Gasteiger partial charge on any atom is 0.128 e. The van der Waals surface area contributed by atoms with Crippen molar-refractivity contribution in [1.82, 2.24) is 4.98 Å². The summed E-state index contributed by atoms with van der Waals surface area (Å²) in [6.45, 7) is 11.0. The number of benzene rings is 1. The molecule has 3 heteroatoms. The van der Waals surface area contributed by atoms with Gasteiger partial charge in [-0.15, -0.1) is 0 Å². The van der Waals surface area contributed by atoms with E-state index < -0.39 is 0 Å². The third kappa shape index (κ3) is 2.42. The number of pyridine rings is 1. The number of rotatable bonds is 3. The molecule has 19 heavy (non-hydrogen) atoms. The molecule has 0 aliphatic heterocycles. The number of halogens is 1. The third-order valence-electron chi connectivity index (χ3n) is 3.42. The first-order valence-electron chi connectivity index (χ1n) is 6.79. The van der Waals surface area contributed by atoms with E-state index in [1.165, 1.54) is 11.6 Å². The van der Waals surface area contributed by atoms with Gasteiger partial charge in [-0.2, -0.15) is 0 Å². The maximum atomic E-state index is 13.7. The van der Waals surface area contributed by atoms with Gasteiger partial charge in [0.25, 0.3) is 0 Å². The molecule has 1 aromatic carbocycles. The Bertz CT molecular complexity index is 618. The number of nitrogens with zero attached hydrogens (tertiary/aromatic N) is 1. The Kier molecular flexibility index (Phi) is 3.74. The summed E-state index contributed by atoms with van der Waals surface area (Å²) >= 11 is 0. The Hall–Kier alpha value is -1.64. The van der Waals surface area contributed by atoms with Crippen LogP contribution in [0.4, 0.5) is 10.1 Å². The van der Waals surface area contributed by atoms with Crippen molar-refractivity contribution in [3.63, 3.8) is 0 Å². The van der Waals surface area contributed by atoms with Gasteiger partial charge in [0.2, 0.25) is 0 Å². The van der Waals surface area contributed by atoms with Crippen LogP contribution < -0.4 is 5.32 Å². The van der Waals surface area contributed by atoms with Gasteiger partial charge in [-0.3, -0.25) is 4.98 Å². The number of anilines is 1. The van der Waals surface area contributed by atoms with Crippen LogP contribution in [0.3, 0.4) is 0 Å². The quantitative estimate of drug-likeness (QED) is 0.876. The zero-order valence-corrected chi connectivity index (χ0v) is 12.3. The lowest BCUT2D eigenvalue weighted by atomic mass is 9.96. The molecule has 1 heterocycles. The molecule has 0 amide bonds. The second kappa shape index (κ2) is 5.16. The molecular weight excluding hydrogens is 239 g/mol. The molecule has 1 N–H and O–H groups in total. The van der Waals surface area contributed by atoms with Gasteiger partial charge in [0, 0.05) is 29.4 Å². The fourth-order valence-corrected chi connectivity index (χ4v) is 2.60. The summed E-state index contributed by atoms with van der Waals surface area (Å²) in [6.07, 6.45) is 0. The molecular formula is C16H21FN2. The molecule has 102 valence electrons. The monoisotopic (exact) mass is 260 g/mol. The van der Waals surface area contributed by atoms with E-state index in [1.54, 1.807) is 6.92 Å². The van der Waals surface area contributed by atoms with Crippen LogP contribution in [0.2, 0.25) is 0 Å². The molecule has 0 saturated heterocycles. The first-order valence-corrected chi connectivity index (χ1v) is 6.79. The Morgan fingerprint density at radius 2 is 1.95 bits per heavy atom. The maximum absolute atomic E-state index is 13.7. The lowest BCUT2D eigenvalue weighted by Gasteiger charge is -2.19. The van der Waals surface area contributed by atoms with Crippen molar-refractivity contribution in [3.05, 3.63) is 34.8 Å². The van der Waals surface area contributed by atoms with E-state index in [-0.39, 0.29) is 5.82 Å². The molecule has 0 radical (unpaired) electrons. The van der Waals surface area contributed by atoms with Crippen molar-refractivity contribution in [2.75, 3.05) is 11.9 Å². The highest BCUT2D eigenvalue weighted by molar-refractivity contribution is 5.94. The second-order valence-electron chi connectivity index (χ2n) is 5.29. The minimum Gasteiger partial charge on any atom is -0.384 e. The van der Waals surface area contributed by atoms with E-state index >= 15 is 0 Å². The van der Waals surface area contributed by atoms with E-state index in [1.807, 2.05) is 13.0 Å². The fourth-order valence-electron chi connectivity index (χ4n) is 2.60. The molecule has 0 aliphatic carbocycles. The standard InChI is InChI=1S/C16H21FN2/c1-6-18-16-12-7-10(4)13(17)8-14(12)19-11(5)15(16)9(2)3/h7-9H,6H2,1-5H3,(H,18,19). The summed E-state index contributed by atoms with van der Waals surface area (Å²) in [4.78, 5) is 4.56. The van der Waals surface area contributed by atoms with Crippen LogP contribution in [-0.4, -0.2) is 11.5 Å². The zero-order chi connectivity index (χ0) is 14.2. The van der Waals surface area contributed by atoms with Gasteiger partial charge >= 0.3 is 0 Å². The van der Waals surface area contributed by atoms with Gasteiger partial charge in [-0.25, -0.2) is 4.39 Å². The number of hydrogen-bond donors (Lipinski definition) is 1. The molecule has 2 rings (SSSR count). The number of nitrogens with one attached hydrogen (secondary N) is 1. The van der Waals surface area contributed by atoms with Crippen LogP contribution in [0, 0.1) is 19.7 Å². The Morgan fingerprint density at radius 1 is 1.26 bits per heavy atom. The lowest BCUT2D eigenvalue weighted by Crippen LogP contribution is -2.07. The minimum absolute atomic E-state index is 0.195. The van der Waals surface area contributed by atoms with Crippen LogP contribution in [0.5, 0.6) is 0 Å². The van der Waals surface area contributed by atoms with E-state index in [0.717, 1.165) is 28.8 Å². The van der Waals surface area contributed by atoms with Gasteiger partial charge in [0.1, 0.15) is 5.82 Å². The van der Waals surface area contributed by atoms with E-state index in [0.29, 0.717) is 11.5 Å². The van der Waals surface area contributed by atoms with Gasteiger partial charge in [-0.05, 0) is 43.9 Å². The molecule has 0 saturated carbocycles. The second-order valence-corrected chi connectivity index (χ2v) is 5.29. The predicted molar refractivity (Wildman–Crippen MR) is 79.4 cm³/mol. The fraction of sp³-hybridized carbons (Fsp3) is 0.438. The molecule has 0 unspecified atom stereocenters. The van der Waals surface area contributed by atoms with Crippen LogP contribution in [0.15, 0.2) is 12.1 Å². The molecule has 0 aliphatic rings. The predicted octanol–water partition coefficient (Wildman–Crippen LogP) is 4.55. The largest absolute Gasteiger partial charge is 0.384 e. The smallest absolute Gasteiger partial charge is 0.128 e. The molecule has 1 aromatic heterocycles.